The van der Waals surface area contributed by atoms with E-state index in [-0.39, 0.29) is 11.9 Å². The lowest BCUT2D eigenvalue weighted by molar-refractivity contribution is 0.175. The van der Waals surface area contributed by atoms with Crippen molar-refractivity contribution in [3.63, 3.8) is 0 Å². The van der Waals surface area contributed by atoms with Gasteiger partial charge in [0.1, 0.15) is 17.7 Å². The fraction of sp³-hybridized carbons (Fsp3) is 0.333. The monoisotopic (exact) mass is 287 g/mol. The topological polar surface area (TPSA) is 35.2 Å². The number of nitrogens with two attached hydrogens (primary N) is 1. The smallest absolute Gasteiger partial charge is 0.141 e. The highest BCUT2D eigenvalue weighted by Crippen LogP contribution is 2.27. The second kappa shape index (κ2) is 6.72. The Balaban J connectivity index is 2.23. The van der Waals surface area contributed by atoms with Crippen molar-refractivity contribution in [1.82, 2.24) is 0 Å². The minimum absolute atomic E-state index is 0.293. The van der Waals surface area contributed by atoms with Crippen LogP contribution in [-0.4, -0.2) is 6.04 Å². The van der Waals surface area contributed by atoms with Crippen LogP contribution >= 0.6 is 0 Å². The highest BCUT2D eigenvalue weighted by Gasteiger charge is 2.21. The highest BCUT2D eigenvalue weighted by atomic mass is 19.1. The molecule has 2 N–H and O–H groups in total. The van der Waals surface area contributed by atoms with Crippen LogP contribution in [0.15, 0.2) is 48.5 Å². The van der Waals surface area contributed by atoms with Gasteiger partial charge >= 0.3 is 0 Å². The van der Waals surface area contributed by atoms with Crippen molar-refractivity contribution < 1.29 is 9.13 Å². The zero-order chi connectivity index (χ0) is 15.4. The maximum atomic E-state index is 13.9. The van der Waals surface area contributed by atoms with Crippen LogP contribution in [-0.2, 0) is 0 Å². The quantitative estimate of drug-likeness (QED) is 0.883. The summed E-state index contributed by atoms with van der Waals surface area (Å²) in [5, 5.41) is 0. The van der Waals surface area contributed by atoms with Crippen LogP contribution in [0.4, 0.5) is 4.39 Å². The predicted molar refractivity (Wildman–Crippen MR) is 83.9 cm³/mol. The molecule has 0 radical (unpaired) electrons. The zero-order valence-corrected chi connectivity index (χ0v) is 12.7. The molecule has 21 heavy (non-hydrogen) atoms. The summed E-state index contributed by atoms with van der Waals surface area (Å²) >= 11 is 0. The van der Waals surface area contributed by atoms with E-state index in [4.69, 9.17) is 10.5 Å². The van der Waals surface area contributed by atoms with Crippen molar-refractivity contribution in [3.05, 3.63) is 65.5 Å². The van der Waals surface area contributed by atoms with Crippen molar-refractivity contribution in [2.45, 2.75) is 38.8 Å². The average molecular weight is 287 g/mol. The molecule has 0 aliphatic carbocycles. The lowest BCUT2D eigenvalue weighted by atomic mass is 10.0. The van der Waals surface area contributed by atoms with Gasteiger partial charge in [-0.15, -0.1) is 0 Å². The molecule has 0 spiro atoms. The van der Waals surface area contributed by atoms with Crippen LogP contribution in [0.25, 0.3) is 0 Å². The third-order valence-corrected chi connectivity index (χ3v) is 3.50. The number of hydrogen-bond acceptors (Lipinski definition) is 2. The molecular weight excluding hydrogens is 265 g/mol. The zero-order valence-electron chi connectivity index (χ0n) is 12.7. The number of rotatable bonds is 5. The van der Waals surface area contributed by atoms with Gasteiger partial charge in [0.25, 0.3) is 0 Å². The molecule has 0 aliphatic rings. The van der Waals surface area contributed by atoms with Gasteiger partial charge in [-0.1, -0.05) is 44.2 Å². The Bertz CT molecular complexity index is 578. The van der Waals surface area contributed by atoms with Gasteiger partial charge in [0.2, 0.25) is 0 Å². The molecule has 0 saturated carbocycles. The molecule has 2 aromatic carbocycles. The van der Waals surface area contributed by atoms with Crippen LogP contribution in [0.1, 0.15) is 43.9 Å². The molecule has 0 amide bonds. The Labute approximate surface area is 125 Å². The molecular formula is C18H22FNO. The van der Waals surface area contributed by atoms with Gasteiger partial charge in [0.05, 0.1) is 0 Å². The second-order valence-corrected chi connectivity index (χ2v) is 5.64. The summed E-state index contributed by atoms with van der Waals surface area (Å²) in [5.41, 5.74) is 7.70. The van der Waals surface area contributed by atoms with E-state index in [1.165, 1.54) is 11.6 Å². The number of hydrogen-bond donors (Lipinski definition) is 1. The fourth-order valence-corrected chi connectivity index (χ4v) is 2.24. The Morgan fingerprint density at radius 1 is 0.952 bits per heavy atom. The summed E-state index contributed by atoms with van der Waals surface area (Å²) in [4.78, 5) is 0. The van der Waals surface area contributed by atoms with E-state index in [1.807, 2.05) is 31.2 Å². The van der Waals surface area contributed by atoms with E-state index in [2.05, 4.69) is 13.8 Å². The molecule has 0 fully saturated rings. The summed E-state index contributed by atoms with van der Waals surface area (Å²) < 4.78 is 19.8. The molecule has 2 aromatic rings. The molecule has 2 nitrogen and oxygen atoms in total. The first kappa shape index (κ1) is 15.5. The van der Waals surface area contributed by atoms with E-state index in [9.17, 15) is 4.39 Å². The van der Waals surface area contributed by atoms with Crippen molar-refractivity contribution in [2.24, 2.45) is 5.73 Å². The summed E-state index contributed by atoms with van der Waals surface area (Å²) in [5.74, 6) is 0.874. The Morgan fingerprint density at radius 2 is 1.57 bits per heavy atom. The largest absolute Gasteiger partial charge is 0.484 e. The van der Waals surface area contributed by atoms with E-state index in [0.29, 0.717) is 17.2 Å². The number of ether oxygens (including phenoxy) is 1. The second-order valence-electron chi connectivity index (χ2n) is 5.64. The van der Waals surface area contributed by atoms with Crippen molar-refractivity contribution in [1.29, 1.82) is 0 Å². The Kier molecular flexibility index (Phi) is 4.97. The van der Waals surface area contributed by atoms with Gasteiger partial charge in [-0.2, -0.15) is 0 Å². The first-order valence-electron chi connectivity index (χ1n) is 7.25. The summed E-state index contributed by atoms with van der Waals surface area (Å²) in [6.45, 7) is 6.10. The predicted octanol–water partition coefficient (Wildman–Crippen LogP) is 4.42. The highest BCUT2D eigenvalue weighted by molar-refractivity contribution is 5.30. The molecule has 3 heteroatoms. The van der Waals surface area contributed by atoms with E-state index in [0.717, 1.165) is 0 Å². The van der Waals surface area contributed by atoms with Crippen LogP contribution in [0.3, 0.4) is 0 Å². The molecule has 2 unspecified atom stereocenters. The lowest BCUT2D eigenvalue weighted by Crippen LogP contribution is -2.29. The van der Waals surface area contributed by atoms with E-state index < -0.39 is 6.10 Å². The van der Waals surface area contributed by atoms with Crippen LogP contribution in [0, 0.1) is 5.82 Å². The van der Waals surface area contributed by atoms with Crippen molar-refractivity contribution >= 4 is 0 Å². The average Bonchev–Trinajstić information content (AvgIpc) is 2.46. The van der Waals surface area contributed by atoms with Crippen LogP contribution in [0.2, 0.25) is 0 Å². The van der Waals surface area contributed by atoms with Gasteiger partial charge < -0.3 is 10.5 Å². The molecule has 2 rings (SSSR count). The minimum Gasteiger partial charge on any atom is -0.484 e. The molecule has 0 heterocycles. The maximum absolute atomic E-state index is 13.9. The normalized spacial score (nSPS) is 14.0. The standard InChI is InChI=1S/C18H22FNO/c1-12(2)14-8-10-15(11-9-14)21-18(13(3)20)16-6-4-5-7-17(16)19/h4-13,18H,20H2,1-3H3. The fourth-order valence-electron chi connectivity index (χ4n) is 2.24. The Hall–Kier alpha value is -1.87. The summed E-state index contributed by atoms with van der Waals surface area (Å²) in [6, 6.07) is 14.2. The SMILES string of the molecule is CC(C)c1ccc(OC(c2ccccc2F)C(C)N)cc1. The van der Waals surface area contributed by atoms with Gasteiger partial charge in [-0.05, 0) is 36.6 Å². The third kappa shape index (κ3) is 3.82. The van der Waals surface area contributed by atoms with Crippen LogP contribution < -0.4 is 10.5 Å². The lowest BCUT2D eigenvalue weighted by Gasteiger charge is -2.23. The van der Waals surface area contributed by atoms with Gasteiger partial charge in [-0.3, -0.25) is 0 Å². The van der Waals surface area contributed by atoms with Gasteiger partial charge in [0.15, 0.2) is 0 Å². The van der Waals surface area contributed by atoms with Gasteiger partial charge in [-0.25, -0.2) is 4.39 Å². The molecule has 112 valence electrons. The first-order valence-corrected chi connectivity index (χ1v) is 7.25. The van der Waals surface area contributed by atoms with Crippen molar-refractivity contribution in [3.8, 4) is 5.75 Å². The Morgan fingerprint density at radius 3 is 2.10 bits per heavy atom. The van der Waals surface area contributed by atoms with Crippen LogP contribution in [0.5, 0.6) is 5.75 Å². The van der Waals surface area contributed by atoms with E-state index >= 15 is 0 Å². The molecule has 2 atom stereocenters. The molecule has 0 saturated heterocycles. The summed E-state index contributed by atoms with van der Waals surface area (Å²) in [6.07, 6.45) is -0.504. The van der Waals surface area contributed by atoms with Gasteiger partial charge in [0, 0.05) is 11.6 Å². The summed E-state index contributed by atoms with van der Waals surface area (Å²) in [7, 11) is 0. The molecule has 0 bridgehead atoms. The molecule has 0 aliphatic heterocycles. The first-order chi connectivity index (χ1) is 9.99. The minimum atomic E-state index is -0.504. The maximum Gasteiger partial charge on any atom is 0.141 e. The number of benzene rings is 2. The number of halogens is 1. The molecule has 0 aromatic heterocycles. The van der Waals surface area contributed by atoms with E-state index in [1.54, 1.807) is 18.2 Å². The van der Waals surface area contributed by atoms with Crippen molar-refractivity contribution in [2.75, 3.05) is 0 Å². The third-order valence-electron chi connectivity index (χ3n) is 3.50.